The summed E-state index contributed by atoms with van der Waals surface area (Å²) in [6.45, 7) is 4.24. The molecule has 0 saturated carbocycles. The van der Waals surface area contributed by atoms with Gasteiger partial charge >= 0.3 is 0 Å². The molecule has 140 valence electrons. The van der Waals surface area contributed by atoms with Crippen LogP contribution in [0.1, 0.15) is 5.69 Å². The number of carbonyl (C=O) groups excluding carboxylic acids is 1. The molecule has 2 aromatic heterocycles. The number of morpholine rings is 1. The quantitative estimate of drug-likeness (QED) is 0.550. The Hall–Kier alpha value is -2.58. The van der Waals surface area contributed by atoms with E-state index in [-0.39, 0.29) is 17.2 Å². The molecular weight excluding hydrogens is 364 g/mol. The zero-order valence-corrected chi connectivity index (χ0v) is 15.8. The lowest BCUT2D eigenvalue weighted by Crippen LogP contribution is -2.41. The first kappa shape index (κ1) is 17.8. The minimum Gasteiger partial charge on any atom is -0.378 e. The Morgan fingerprint density at radius 1 is 1.26 bits per heavy atom. The topological polar surface area (TPSA) is 80.2 Å². The van der Waals surface area contributed by atoms with Crippen LogP contribution in [0.4, 0.5) is 0 Å². The van der Waals surface area contributed by atoms with E-state index in [1.54, 1.807) is 9.47 Å². The molecule has 1 amide bonds. The minimum atomic E-state index is -0.166. The maximum absolute atomic E-state index is 13.1. The Labute approximate surface area is 160 Å². The molecule has 7 nitrogen and oxygen atoms in total. The number of aryl methyl sites for hydroxylation is 1. The Morgan fingerprint density at radius 2 is 2.00 bits per heavy atom. The second kappa shape index (κ2) is 7.58. The predicted octanol–water partition coefficient (Wildman–Crippen LogP) is 1.97. The highest BCUT2D eigenvalue weighted by Gasteiger charge is 2.20. The summed E-state index contributed by atoms with van der Waals surface area (Å²) in [6.07, 6.45) is 0. The highest BCUT2D eigenvalue weighted by Crippen LogP contribution is 2.22. The summed E-state index contributed by atoms with van der Waals surface area (Å²) in [5, 5.41) is 0.513. The van der Waals surface area contributed by atoms with Crippen LogP contribution in [0.3, 0.4) is 0 Å². The number of nitrogens with zero attached hydrogens (tertiary/aromatic N) is 3. The van der Waals surface area contributed by atoms with Crippen molar-refractivity contribution >= 4 is 28.7 Å². The van der Waals surface area contributed by atoms with Gasteiger partial charge < -0.3 is 14.6 Å². The molecule has 4 rings (SSSR count). The smallest absolute Gasteiger partial charge is 0.283 e. The number of aromatic nitrogens is 3. The van der Waals surface area contributed by atoms with Crippen LogP contribution in [-0.4, -0.2) is 57.4 Å². The molecule has 27 heavy (non-hydrogen) atoms. The van der Waals surface area contributed by atoms with Gasteiger partial charge in [0.2, 0.25) is 5.91 Å². The average Bonchev–Trinajstić information content (AvgIpc) is 3.08. The van der Waals surface area contributed by atoms with E-state index in [1.165, 1.54) is 11.8 Å². The van der Waals surface area contributed by atoms with Crippen molar-refractivity contribution < 1.29 is 9.53 Å². The lowest BCUT2D eigenvalue weighted by molar-refractivity contribution is -0.132. The van der Waals surface area contributed by atoms with Crippen molar-refractivity contribution in [2.45, 2.75) is 12.1 Å². The highest BCUT2D eigenvalue weighted by atomic mass is 32.2. The molecule has 1 aromatic carbocycles. The number of rotatable bonds is 4. The van der Waals surface area contributed by atoms with E-state index < -0.39 is 0 Å². The number of hydrogen-bond acceptors (Lipinski definition) is 5. The van der Waals surface area contributed by atoms with Gasteiger partial charge in [-0.3, -0.25) is 14.2 Å². The summed E-state index contributed by atoms with van der Waals surface area (Å²) in [5.74, 6) is 0.260. The number of thioether (sulfide) groups is 1. The zero-order valence-electron chi connectivity index (χ0n) is 15.0. The molecule has 0 bridgehead atoms. The number of aromatic amines is 1. The van der Waals surface area contributed by atoms with Crippen molar-refractivity contribution in [1.29, 1.82) is 0 Å². The van der Waals surface area contributed by atoms with Crippen LogP contribution in [0, 0.1) is 6.92 Å². The number of nitrogens with one attached hydrogen (secondary N) is 1. The van der Waals surface area contributed by atoms with E-state index in [4.69, 9.17) is 4.74 Å². The third-order valence-electron chi connectivity index (χ3n) is 4.46. The van der Waals surface area contributed by atoms with E-state index in [2.05, 4.69) is 9.97 Å². The Morgan fingerprint density at radius 3 is 2.74 bits per heavy atom. The second-order valence-corrected chi connectivity index (χ2v) is 7.31. The number of ether oxygens (including phenoxy) is 1. The summed E-state index contributed by atoms with van der Waals surface area (Å²) in [6, 6.07) is 11.2. The predicted molar refractivity (Wildman–Crippen MR) is 105 cm³/mol. The first-order valence-corrected chi connectivity index (χ1v) is 9.78. The fraction of sp³-hybridized carbons (Fsp3) is 0.316. The Kier molecular flexibility index (Phi) is 5.00. The van der Waals surface area contributed by atoms with Gasteiger partial charge in [-0.05, 0) is 25.1 Å². The van der Waals surface area contributed by atoms with Gasteiger partial charge in [-0.2, -0.15) is 0 Å². The van der Waals surface area contributed by atoms with Crippen LogP contribution in [0.2, 0.25) is 0 Å². The van der Waals surface area contributed by atoms with Crippen LogP contribution in [-0.2, 0) is 9.53 Å². The Balaban J connectivity index is 1.70. The molecule has 1 N–H and O–H groups in total. The van der Waals surface area contributed by atoms with Crippen LogP contribution in [0.25, 0.3) is 16.7 Å². The number of para-hydroxylation sites is 1. The first-order valence-electron chi connectivity index (χ1n) is 8.79. The van der Waals surface area contributed by atoms with Gasteiger partial charge in [0.05, 0.1) is 30.2 Å². The minimum absolute atomic E-state index is 0.0301. The maximum atomic E-state index is 13.1. The van der Waals surface area contributed by atoms with E-state index in [9.17, 15) is 9.59 Å². The Bertz CT molecular complexity index is 1020. The van der Waals surface area contributed by atoms with E-state index in [1.807, 2.05) is 43.3 Å². The molecule has 0 radical (unpaired) electrons. The molecule has 1 fully saturated rings. The number of H-pyrrole nitrogens is 1. The molecule has 0 spiro atoms. The largest absolute Gasteiger partial charge is 0.378 e. The van der Waals surface area contributed by atoms with Crippen molar-refractivity contribution in [3.05, 3.63) is 52.4 Å². The number of hydrogen-bond donors (Lipinski definition) is 1. The third kappa shape index (κ3) is 3.63. The van der Waals surface area contributed by atoms with Crippen molar-refractivity contribution in [2.24, 2.45) is 0 Å². The summed E-state index contributed by atoms with van der Waals surface area (Å²) < 4.78 is 6.86. The molecule has 3 heterocycles. The maximum Gasteiger partial charge on any atom is 0.283 e. The number of benzene rings is 1. The molecule has 0 unspecified atom stereocenters. The first-order chi connectivity index (χ1) is 13.1. The third-order valence-corrected chi connectivity index (χ3v) is 5.38. The average molecular weight is 384 g/mol. The van der Waals surface area contributed by atoms with E-state index >= 15 is 0 Å². The normalized spacial score (nSPS) is 14.6. The zero-order chi connectivity index (χ0) is 18.8. The summed E-state index contributed by atoms with van der Waals surface area (Å²) >= 11 is 1.29. The van der Waals surface area contributed by atoms with E-state index in [0.717, 1.165) is 11.4 Å². The molecule has 1 aliphatic rings. The molecule has 0 aliphatic carbocycles. The summed E-state index contributed by atoms with van der Waals surface area (Å²) in [7, 11) is 0. The lowest BCUT2D eigenvalue weighted by atomic mass is 10.3. The van der Waals surface area contributed by atoms with Gasteiger partial charge in [-0.15, -0.1) is 0 Å². The van der Waals surface area contributed by atoms with Crippen LogP contribution >= 0.6 is 11.8 Å². The SMILES string of the molecule is Cc1cc2nc(SCC(=O)N3CCOCC3)n(-c3ccccc3)c(=O)c2[nH]1. The van der Waals surface area contributed by atoms with E-state index in [0.29, 0.717) is 42.5 Å². The second-order valence-electron chi connectivity index (χ2n) is 6.36. The summed E-state index contributed by atoms with van der Waals surface area (Å²) in [4.78, 5) is 35.1. The highest BCUT2D eigenvalue weighted by molar-refractivity contribution is 7.99. The van der Waals surface area contributed by atoms with Gasteiger partial charge in [-0.1, -0.05) is 30.0 Å². The van der Waals surface area contributed by atoms with Gasteiger partial charge in [0.15, 0.2) is 5.16 Å². The van der Waals surface area contributed by atoms with Gasteiger partial charge in [0, 0.05) is 18.8 Å². The van der Waals surface area contributed by atoms with Crippen LogP contribution in [0.15, 0.2) is 46.3 Å². The molecule has 8 heteroatoms. The monoisotopic (exact) mass is 384 g/mol. The number of fused-ring (bicyclic) bond motifs is 1. The fourth-order valence-electron chi connectivity index (χ4n) is 3.11. The molecule has 3 aromatic rings. The molecule has 1 aliphatic heterocycles. The van der Waals surface area contributed by atoms with Crippen molar-refractivity contribution in [3.8, 4) is 5.69 Å². The van der Waals surface area contributed by atoms with Crippen LogP contribution < -0.4 is 5.56 Å². The van der Waals surface area contributed by atoms with Gasteiger partial charge in [-0.25, -0.2) is 4.98 Å². The van der Waals surface area contributed by atoms with Gasteiger partial charge in [0.1, 0.15) is 5.52 Å². The molecular formula is C19H20N4O3S. The number of carbonyl (C=O) groups is 1. The number of amides is 1. The summed E-state index contributed by atoms with van der Waals surface area (Å²) in [5.41, 5.74) is 2.53. The van der Waals surface area contributed by atoms with Gasteiger partial charge in [0.25, 0.3) is 5.56 Å². The molecule has 1 saturated heterocycles. The fourth-order valence-corrected chi connectivity index (χ4v) is 4.02. The lowest BCUT2D eigenvalue weighted by Gasteiger charge is -2.26. The van der Waals surface area contributed by atoms with Crippen LogP contribution in [0.5, 0.6) is 0 Å². The van der Waals surface area contributed by atoms with Crippen molar-refractivity contribution in [2.75, 3.05) is 32.1 Å². The van der Waals surface area contributed by atoms with Crippen molar-refractivity contribution in [1.82, 2.24) is 19.4 Å². The standard InChI is InChI=1S/C19H20N4O3S/c1-13-11-15-17(20-13)18(25)23(14-5-3-2-4-6-14)19(21-15)27-12-16(24)22-7-9-26-10-8-22/h2-6,11,20H,7-10,12H2,1H3. The molecule has 0 atom stereocenters. The van der Waals surface area contributed by atoms with Crippen molar-refractivity contribution in [3.63, 3.8) is 0 Å².